The van der Waals surface area contributed by atoms with Gasteiger partial charge in [-0.2, -0.15) is 0 Å². The molecule has 0 amide bonds. The highest BCUT2D eigenvalue weighted by Gasteiger charge is 2.08. The Balaban J connectivity index is 1.84. The third-order valence-corrected chi connectivity index (χ3v) is 5.12. The van der Waals surface area contributed by atoms with Crippen molar-refractivity contribution in [2.24, 2.45) is 0 Å². The third kappa shape index (κ3) is 5.81. The predicted molar refractivity (Wildman–Crippen MR) is 94.1 cm³/mol. The number of aromatic nitrogens is 1. The van der Waals surface area contributed by atoms with Crippen LogP contribution in [0.15, 0.2) is 34.5 Å². The molecule has 114 valence electrons. The van der Waals surface area contributed by atoms with E-state index in [9.17, 15) is 0 Å². The van der Waals surface area contributed by atoms with Gasteiger partial charge in [-0.3, -0.25) is 0 Å². The first kappa shape index (κ1) is 16.5. The quantitative estimate of drug-likeness (QED) is 0.767. The van der Waals surface area contributed by atoms with Crippen molar-refractivity contribution in [3.05, 3.63) is 45.9 Å². The summed E-state index contributed by atoms with van der Waals surface area (Å²) < 4.78 is 0. The highest BCUT2D eigenvalue weighted by molar-refractivity contribution is 7.98. The molecular formula is C17H24N2S2. The summed E-state index contributed by atoms with van der Waals surface area (Å²) >= 11 is 3.62. The van der Waals surface area contributed by atoms with E-state index in [4.69, 9.17) is 0 Å². The summed E-state index contributed by atoms with van der Waals surface area (Å²) in [6, 6.07) is 8.83. The van der Waals surface area contributed by atoms with Gasteiger partial charge in [0.15, 0.2) is 0 Å². The second kappa shape index (κ2) is 7.43. The average Bonchev–Trinajstić information content (AvgIpc) is 2.91. The summed E-state index contributed by atoms with van der Waals surface area (Å²) in [5.74, 6) is 0.954. The van der Waals surface area contributed by atoms with Crippen LogP contribution in [0.2, 0.25) is 0 Å². The Hall–Kier alpha value is -0.840. The number of nitrogens with one attached hydrogen (secondary N) is 1. The van der Waals surface area contributed by atoms with Crippen molar-refractivity contribution in [1.82, 2.24) is 10.3 Å². The zero-order valence-corrected chi connectivity index (χ0v) is 14.9. The fraction of sp³-hybridized carbons (Fsp3) is 0.471. The first-order valence-electron chi connectivity index (χ1n) is 7.36. The Morgan fingerprint density at radius 1 is 1.19 bits per heavy atom. The van der Waals surface area contributed by atoms with Crippen molar-refractivity contribution < 1.29 is 0 Å². The fourth-order valence-electron chi connectivity index (χ4n) is 1.81. The van der Waals surface area contributed by atoms with Crippen LogP contribution in [0.3, 0.4) is 0 Å². The van der Waals surface area contributed by atoms with Gasteiger partial charge in [0.2, 0.25) is 0 Å². The Labute approximate surface area is 136 Å². The smallest absolute Gasteiger partial charge is 0.0925 e. The molecule has 0 aliphatic carbocycles. The number of aryl methyl sites for hydroxylation is 1. The first-order valence-corrected chi connectivity index (χ1v) is 9.23. The van der Waals surface area contributed by atoms with E-state index >= 15 is 0 Å². The van der Waals surface area contributed by atoms with Gasteiger partial charge in [0, 0.05) is 28.1 Å². The van der Waals surface area contributed by atoms with Crippen LogP contribution < -0.4 is 5.32 Å². The van der Waals surface area contributed by atoms with Gasteiger partial charge >= 0.3 is 0 Å². The summed E-state index contributed by atoms with van der Waals surface area (Å²) in [5, 5.41) is 6.91. The lowest BCUT2D eigenvalue weighted by atomic mass is 10.1. The zero-order valence-electron chi connectivity index (χ0n) is 13.3. The number of benzene rings is 1. The molecular weight excluding hydrogens is 296 g/mol. The molecule has 1 heterocycles. The normalized spacial score (nSPS) is 11.8. The molecule has 1 aromatic heterocycles. The molecule has 0 saturated carbocycles. The zero-order chi connectivity index (χ0) is 15.3. The number of nitrogens with zero attached hydrogens (tertiary/aromatic N) is 1. The van der Waals surface area contributed by atoms with Crippen LogP contribution in [-0.4, -0.2) is 10.5 Å². The van der Waals surface area contributed by atoms with Gasteiger partial charge in [-0.05, 0) is 44.9 Å². The van der Waals surface area contributed by atoms with E-state index in [2.05, 4.69) is 67.6 Å². The Morgan fingerprint density at radius 2 is 1.90 bits per heavy atom. The molecule has 1 N–H and O–H groups in total. The van der Waals surface area contributed by atoms with E-state index < -0.39 is 0 Å². The molecule has 0 radical (unpaired) electrons. The van der Waals surface area contributed by atoms with Crippen molar-refractivity contribution in [3.8, 4) is 0 Å². The number of hydrogen-bond donors (Lipinski definition) is 1. The van der Waals surface area contributed by atoms with E-state index in [0.29, 0.717) is 0 Å². The molecule has 0 aliphatic rings. The molecule has 0 atom stereocenters. The van der Waals surface area contributed by atoms with Crippen LogP contribution in [0.25, 0.3) is 0 Å². The molecule has 0 saturated heterocycles. The lowest BCUT2D eigenvalue weighted by Crippen LogP contribution is -2.35. The van der Waals surface area contributed by atoms with Crippen LogP contribution in [0.1, 0.15) is 44.0 Å². The van der Waals surface area contributed by atoms with Gasteiger partial charge < -0.3 is 5.32 Å². The van der Waals surface area contributed by atoms with Gasteiger partial charge in [0.25, 0.3) is 0 Å². The number of hydrogen-bond acceptors (Lipinski definition) is 4. The summed E-state index contributed by atoms with van der Waals surface area (Å²) in [6.45, 7) is 9.64. The topological polar surface area (TPSA) is 24.9 Å². The molecule has 2 nitrogen and oxygen atoms in total. The maximum absolute atomic E-state index is 4.61. The molecule has 2 rings (SSSR count). The minimum atomic E-state index is 0.162. The van der Waals surface area contributed by atoms with Crippen molar-refractivity contribution in [3.63, 3.8) is 0 Å². The fourth-order valence-corrected chi connectivity index (χ4v) is 3.45. The minimum absolute atomic E-state index is 0.162. The molecule has 0 aliphatic heterocycles. The average molecular weight is 321 g/mol. The van der Waals surface area contributed by atoms with Crippen LogP contribution in [-0.2, 0) is 18.7 Å². The highest BCUT2D eigenvalue weighted by Crippen LogP contribution is 2.24. The molecule has 2 aromatic rings. The van der Waals surface area contributed by atoms with Gasteiger partial charge in [0.05, 0.1) is 10.7 Å². The SMILES string of the molecule is CCc1nc(CSc2ccc(CNC(C)(C)C)cc2)cs1. The monoisotopic (exact) mass is 320 g/mol. The summed E-state index contributed by atoms with van der Waals surface area (Å²) in [4.78, 5) is 5.91. The Kier molecular flexibility index (Phi) is 5.85. The molecule has 0 unspecified atom stereocenters. The second-order valence-electron chi connectivity index (χ2n) is 6.12. The maximum Gasteiger partial charge on any atom is 0.0925 e. The van der Waals surface area contributed by atoms with Gasteiger partial charge in [-0.25, -0.2) is 4.98 Å². The van der Waals surface area contributed by atoms with E-state index in [1.54, 1.807) is 11.3 Å². The molecule has 1 aromatic carbocycles. The molecule has 0 bridgehead atoms. The Bertz CT molecular complexity index is 553. The molecule has 0 fully saturated rings. The summed E-state index contributed by atoms with van der Waals surface area (Å²) in [7, 11) is 0. The third-order valence-electron chi connectivity index (χ3n) is 3.03. The largest absolute Gasteiger partial charge is 0.308 e. The van der Waals surface area contributed by atoms with E-state index in [1.165, 1.54) is 21.2 Å². The molecule has 21 heavy (non-hydrogen) atoms. The van der Waals surface area contributed by atoms with E-state index in [-0.39, 0.29) is 5.54 Å². The van der Waals surface area contributed by atoms with Gasteiger partial charge in [-0.1, -0.05) is 19.1 Å². The van der Waals surface area contributed by atoms with Crippen LogP contribution in [0, 0.1) is 0 Å². The van der Waals surface area contributed by atoms with Crippen LogP contribution in [0.4, 0.5) is 0 Å². The van der Waals surface area contributed by atoms with Crippen LogP contribution >= 0.6 is 23.1 Å². The number of thioether (sulfide) groups is 1. The van der Waals surface area contributed by atoms with Crippen molar-refractivity contribution in [2.75, 3.05) is 0 Å². The van der Waals surface area contributed by atoms with Crippen molar-refractivity contribution in [1.29, 1.82) is 0 Å². The van der Waals surface area contributed by atoms with E-state index in [0.717, 1.165) is 18.7 Å². The predicted octanol–water partition coefficient (Wildman–Crippen LogP) is 4.89. The molecule has 0 spiro atoms. The second-order valence-corrected chi connectivity index (χ2v) is 8.11. The van der Waals surface area contributed by atoms with Crippen LogP contribution in [0.5, 0.6) is 0 Å². The minimum Gasteiger partial charge on any atom is -0.308 e. The molecule has 4 heteroatoms. The number of rotatable bonds is 6. The first-order chi connectivity index (χ1) is 9.96. The summed E-state index contributed by atoms with van der Waals surface area (Å²) in [5.41, 5.74) is 2.69. The highest BCUT2D eigenvalue weighted by atomic mass is 32.2. The van der Waals surface area contributed by atoms with Gasteiger partial charge in [0.1, 0.15) is 0 Å². The van der Waals surface area contributed by atoms with Gasteiger partial charge in [-0.15, -0.1) is 23.1 Å². The number of thiazole rings is 1. The van der Waals surface area contributed by atoms with Crippen molar-refractivity contribution in [2.45, 2.75) is 56.8 Å². The lowest BCUT2D eigenvalue weighted by molar-refractivity contribution is 0.424. The lowest BCUT2D eigenvalue weighted by Gasteiger charge is -2.20. The standard InChI is InChI=1S/C17H24N2S2/c1-5-16-19-14(12-21-16)11-20-15-8-6-13(7-9-15)10-18-17(2,3)4/h6-9,12,18H,5,10-11H2,1-4H3. The maximum atomic E-state index is 4.61. The Morgan fingerprint density at radius 3 is 2.48 bits per heavy atom. The summed E-state index contributed by atoms with van der Waals surface area (Å²) in [6.07, 6.45) is 1.03. The van der Waals surface area contributed by atoms with E-state index in [1.807, 2.05) is 11.8 Å². The van der Waals surface area contributed by atoms with Crippen molar-refractivity contribution >= 4 is 23.1 Å².